The summed E-state index contributed by atoms with van der Waals surface area (Å²) < 4.78 is 25.1. The predicted molar refractivity (Wildman–Crippen MR) is 36.5 cm³/mol. The summed E-state index contributed by atoms with van der Waals surface area (Å²) in [6.45, 7) is 0. The number of carbonyl (C=O) groups excluding carboxylic acids is 1. The van der Waals surface area contributed by atoms with Crippen LogP contribution in [0.15, 0.2) is 12.1 Å². The second-order valence-corrected chi connectivity index (χ2v) is 2.12. The van der Waals surface area contributed by atoms with E-state index in [2.05, 4.69) is 0 Å². The lowest BCUT2D eigenvalue weighted by atomic mass is 10.2. The summed E-state index contributed by atoms with van der Waals surface area (Å²) in [7, 11) is 0. The number of nitrogens with two attached hydrogens (primary N) is 1. The number of primary amides is 1. The number of hydrogen-bond acceptors (Lipinski definition) is 2. The second kappa shape index (κ2) is 2.77. The van der Waals surface area contributed by atoms with Gasteiger partial charge in [0.1, 0.15) is 0 Å². The van der Waals surface area contributed by atoms with Gasteiger partial charge in [-0.15, -0.1) is 0 Å². The van der Waals surface area contributed by atoms with Gasteiger partial charge in [0.15, 0.2) is 17.4 Å². The van der Waals surface area contributed by atoms with Gasteiger partial charge in [-0.05, 0) is 12.1 Å². The molecule has 0 bridgehead atoms. The van der Waals surface area contributed by atoms with E-state index in [1.54, 1.807) is 0 Å². The zero-order chi connectivity index (χ0) is 9.30. The van der Waals surface area contributed by atoms with Gasteiger partial charge in [-0.2, -0.15) is 0 Å². The third kappa shape index (κ3) is 1.20. The zero-order valence-electron chi connectivity index (χ0n) is 5.84. The van der Waals surface area contributed by atoms with Crippen LogP contribution >= 0.6 is 0 Å². The summed E-state index contributed by atoms with van der Waals surface area (Å²) in [5.41, 5.74) is 4.19. The van der Waals surface area contributed by atoms with Gasteiger partial charge in [0.2, 0.25) is 0 Å². The van der Waals surface area contributed by atoms with Crippen LogP contribution in [0.3, 0.4) is 0 Å². The van der Waals surface area contributed by atoms with Gasteiger partial charge in [-0.1, -0.05) is 0 Å². The summed E-state index contributed by atoms with van der Waals surface area (Å²) in [5.74, 6) is -4.70. The number of amides is 1. The maximum atomic E-state index is 12.7. The van der Waals surface area contributed by atoms with E-state index in [-0.39, 0.29) is 0 Å². The molecule has 0 heterocycles. The molecule has 0 fully saturated rings. The highest BCUT2D eigenvalue weighted by molar-refractivity contribution is 5.93. The van der Waals surface area contributed by atoms with Gasteiger partial charge in [0.25, 0.3) is 5.91 Å². The zero-order valence-corrected chi connectivity index (χ0v) is 5.84. The highest BCUT2D eigenvalue weighted by atomic mass is 19.1. The van der Waals surface area contributed by atoms with Crippen molar-refractivity contribution in [2.24, 2.45) is 5.73 Å². The van der Waals surface area contributed by atoms with Crippen LogP contribution in [0.5, 0.6) is 5.75 Å². The van der Waals surface area contributed by atoms with Crippen LogP contribution in [-0.2, 0) is 0 Å². The molecule has 0 radical (unpaired) electrons. The normalized spacial score (nSPS) is 9.83. The summed E-state index contributed by atoms with van der Waals surface area (Å²) in [6, 6.07) is 1.63. The highest BCUT2D eigenvalue weighted by Gasteiger charge is 2.15. The van der Waals surface area contributed by atoms with E-state index in [4.69, 9.17) is 10.8 Å². The molecule has 64 valence electrons. The topological polar surface area (TPSA) is 63.3 Å². The van der Waals surface area contributed by atoms with Gasteiger partial charge < -0.3 is 10.8 Å². The van der Waals surface area contributed by atoms with Crippen LogP contribution in [-0.4, -0.2) is 11.0 Å². The Morgan fingerprint density at radius 2 is 2.00 bits per heavy atom. The van der Waals surface area contributed by atoms with Crippen molar-refractivity contribution >= 4 is 5.91 Å². The molecule has 0 aliphatic rings. The molecule has 1 aromatic carbocycles. The second-order valence-electron chi connectivity index (χ2n) is 2.12. The summed E-state index contributed by atoms with van der Waals surface area (Å²) >= 11 is 0. The minimum absolute atomic E-state index is 0.533. The summed E-state index contributed by atoms with van der Waals surface area (Å²) in [5, 5.41) is 8.68. The van der Waals surface area contributed by atoms with Crippen molar-refractivity contribution in [1.29, 1.82) is 0 Å². The molecule has 12 heavy (non-hydrogen) atoms. The van der Waals surface area contributed by atoms with Crippen molar-refractivity contribution in [1.82, 2.24) is 0 Å². The summed E-state index contributed by atoms with van der Waals surface area (Å²) in [4.78, 5) is 10.4. The smallest absolute Gasteiger partial charge is 0.251 e. The first kappa shape index (κ1) is 8.45. The van der Waals surface area contributed by atoms with Gasteiger partial charge in [0, 0.05) is 0 Å². The lowest BCUT2D eigenvalue weighted by Gasteiger charge is -2.00. The molecule has 0 atom stereocenters. The van der Waals surface area contributed by atoms with Gasteiger partial charge in [-0.3, -0.25) is 4.79 Å². The number of benzene rings is 1. The third-order valence-corrected chi connectivity index (χ3v) is 1.33. The summed E-state index contributed by atoms with van der Waals surface area (Å²) in [6.07, 6.45) is 0. The molecule has 1 aromatic rings. The Labute approximate surface area is 66.4 Å². The fourth-order valence-corrected chi connectivity index (χ4v) is 0.731. The van der Waals surface area contributed by atoms with E-state index < -0.39 is 28.9 Å². The Kier molecular flexibility index (Phi) is 1.95. The number of phenolic OH excluding ortho intramolecular Hbond substituents is 1. The number of hydrogen-bond donors (Lipinski definition) is 2. The highest BCUT2D eigenvalue weighted by Crippen LogP contribution is 2.22. The molecular formula is C7H5F2NO2. The number of rotatable bonds is 1. The maximum Gasteiger partial charge on any atom is 0.251 e. The molecule has 1 amide bonds. The Morgan fingerprint density at radius 3 is 2.50 bits per heavy atom. The van der Waals surface area contributed by atoms with E-state index in [1.165, 1.54) is 0 Å². The molecule has 0 aromatic heterocycles. The van der Waals surface area contributed by atoms with Crippen LogP contribution in [0.25, 0.3) is 0 Å². The van der Waals surface area contributed by atoms with E-state index >= 15 is 0 Å². The molecule has 0 aliphatic heterocycles. The Morgan fingerprint density at radius 1 is 1.42 bits per heavy atom. The van der Waals surface area contributed by atoms with Crippen molar-refractivity contribution in [3.63, 3.8) is 0 Å². The van der Waals surface area contributed by atoms with Gasteiger partial charge >= 0.3 is 0 Å². The number of carbonyl (C=O) groups is 1. The minimum atomic E-state index is -1.33. The Balaban J connectivity index is 3.36. The average molecular weight is 173 g/mol. The molecule has 3 nitrogen and oxygen atoms in total. The van der Waals surface area contributed by atoms with Crippen molar-refractivity contribution in [3.05, 3.63) is 29.3 Å². The van der Waals surface area contributed by atoms with E-state index in [1.807, 2.05) is 0 Å². The quantitative estimate of drug-likeness (QED) is 0.658. The molecule has 5 heteroatoms. The van der Waals surface area contributed by atoms with Crippen LogP contribution in [0, 0.1) is 11.6 Å². The SMILES string of the molecule is NC(=O)c1ccc(F)c(O)c1F. The monoisotopic (exact) mass is 173 g/mol. The maximum absolute atomic E-state index is 12.7. The molecule has 0 saturated carbocycles. The lowest BCUT2D eigenvalue weighted by molar-refractivity contribution is 0.0995. The van der Waals surface area contributed by atoms with Crippen molar-refractivity contribution in [2.45, 2.75) is 0 Å². The van der Waals surface area contributed by atoms with Crippen LogP contribution in [0.4, 0.5) is 8.78 Å². The first-order valence-corrected chi connectivity index (χ1v) is 3.01. The molecule has 0 aliphatic carbocycles. The molecule has 0 saturated heterocycles. The fraction of sp³-hybridized carbons (Fsp3) is 0. The minimum Gasteiger partial charge on any atom is -0.503 e. The lowest BCUT2D eigenvalue weighted by Crippen LogP contribution is -2.13. The predicted octanol–water partition coefficient (Wildman–Crippen LogP) is 0.769. The molecule has 0 unspecified atom stereocenters. The largest absolute Gasteiger partial charge is 0.503 e. The van der Waals surface area contributed by atoms with Gasteiger partial charge in [-0.25, -0.2) is 8.78 Å². The Hall–Kier alpha value is -1.65. The standard InChI is InChI=1S/C7H5F2NO2/c8-4-2-1-3(7(10)12)5(9)6(4)11/h1-2,11H,(H2,10,12). The van der Waals surface area contributed by atoms with Crippen LogP contribution < -0.4 is 5.73 Å². The molecule has 0 spiro atoms. The number of aromatic hydroxyl groups is 1. The van der Waals surface area contributed by atoms with Crippen LogP contribution in [0.2, 0.25) is 0 Å². The van der Waals surface area contributed by atoms with E-state index in [9.17, 15) is 13.6 Å². The first-order chi connectivity index (χ1) is 5.54. The van der Waals surface area contributed by atoms with E-state index in [0.29, 0.717) is 0 Å². The molecule has 3 N–H and O–H groups in total. The fourth-order valence-electron chi connectivity index (χ4n) is 0.731. The average Bonchev–Trinajstić information content (AvgIpc) is 2.00. The first-order valence-electron chi connectivity index (χ1n) is 3.01. The van der Waals surface area contributed by atoms with Gasteiger partial charge in [0.05, 0.1) is 5.56 Å². The molecule has 1 rings (SSSR count). The number of phenols is 1. The number of halogens is 2. The van der Waals surface area contributed by atoms with Crippen molar-refractivity contribution < 1.29 is 18.7 Å². The van der Waals surface area contributed by atoms with Crippen LogP contribution in [0.1, 0.15) is 10.4 Å². The van der Waals surface area contributed by atoms with Crippen molar-refractivity contribution in [2.75, 3.05) is 0 Å². The van der Waals surface area contributed by atoms with E-state index in [0.717, 1.165) is 12.1 Å². The molecular weight excluding hydrogens is 168 g/mol. The Bertz CT molecular complexity index is 338. The third-order valence-electron chi connectivity index (χ3n) is 1.33. The van der Waals surface area contributed by atoms with Crippen molar-refractivity contribution in [3.8, 4) is 5.75 Å².